The van der Waals surface area contributed by atoms with Gasteiger partial charge < -0.3 is 19.9 Å². The van der Waals surface area contributed by atoms with Gasteiger partial charge in [-0.1, -0.05) is 6.07 Å². The van der Waals surface area contributed by atoms with E-state index in [1.807, 2.05) is 24.3 Å². The highest BCUT2D eigenvalue weighted by molar-refractivity contribution is 6.03. The van der Waals surface area contributed by atoms with Crippen molar-refractivity contribution in [1.82, 2.24) is 9.97 Å². The van der Waals surface area contributed by atoms with Crippen LogP contribution < -0.4 is 20.6 Å². The van der Waals surface area contributed by atoms with Gasteiger partial charge >= 0.3 is 5.69 Å². The van der Waals surface area contributed by atoms with Gasteiger partial charge in [-0.05, 0) is 61.4 Å². The lowest BCUT2D eigenvalue weighted by atomic mass is 10.1. The molecule has 3 aromatic rings. The average molecular weight is 390 g/mol. The molecule has 1 fully saturated rings. The largest absolute Gasteiger partial charge is 0.497 e. The minimum atomic E-state index is -0.575. The van der Waals surface area contributed by atoms with E-state index >= 15 is 0 Å². The number of aromatic nitrogens is 2. The molecule has 0 radical (unpaired) electrons. The smallest absolute Gasteiger partial charge is 0.346 e. The Morgan fingerprint density at radius 1 is 1.10 bits per heavy atom. The Balaban J connectivity index is 1.56. The number of ether oxygens (including phenoxy) is 1. The van der Waals surface area contributed by atoms with Crippen LogP contribution in [0.15, 0.2) is 59.4 Å². The highest BCUT2D eigenvalue weighted by atomic mass is 16.5. The lowest BCUT2D eigenvalue weighted by Gasteiger charge is -2.18. The highest BCUT2D eigenvalue weighted by Gasteiger charge is 2.14. The molecule has 0 bridgehead atoms. The van der Waals surface area contributed by atoms with Crippen LogP contribution in [0.5, 0.6) is 5.75 Å². The van der Waals surface area contributed by atoms with E-state index in [0.717, 1.165) is 24.3 Å². The summed E-state index contributed by atoms with van der Waals surface area (Å²) in [6, 6.07) is 16.5. The number of hydrogen-bond donors (Lipinski definition) is 2. The molecule has 0 unspecified atom stereocenters. The Bertz CT molecular complexity index is 1070. The first-order valence-electron chi connectivity index (χ1n) is 9.54. The Kier molecular flexibility index (Phi) is 5.29. The Labute approximate surface area is 168 Å². The van der Waals surface area contributed by atoms with Crippen molar-refractivity contribution in [3.05, 3.63) is 70.8 Å². The summed E-state index contributed by atoms with van der Waals surface area (Å²) in [7, 11) is 1.58. The normalized spacial score (nSPS) is 13.3. The summed E-state index contributed by atoms with van der Waals surface area (Å²) in [6.07, 6.45) is 2.37. The predicted octanol–water partition coefficient (Wildman–Crippen LogP) is 3.30. The molecule has 7 nitrogen and oxygen atoms in total. The number of nitrogens with zero attached hydrogens (tertiary/aromatic N) is 2. The van der Waals surface area contributed by atoms with Crippen LogP contribution >= 0.6 is 0 Å². The van der Waals surface area contributed by atoms with Crippen LogP contribution in [0.4, 0.5) is 11.4 Å². The molecule has 1 aliphatic rings. The maximum absolute atomic E-state index is 12.7. The molecule has 4 rings (SSSR count). The van der Waals surface area contributed by atoms with Gasteiger partial charge in [0.25, 0.3) is 5.91 Å². The Hall–Kier alpha value is -3.61. The van der Waals surface area contributed by atoms with Crippen LogP contribution in [0.3, 0.4) is 0 Å². The zero-order valence-corrected chi connectivity index (χ0v) is 16.1. The molecular formula is C22H22N4O3. The molecule has 1 amide bonds. The fourth-order valence-corrected chi connectivity index (χ4v) is 3.44. The Morgan fingerprint density at radius 3 is 2.59 bits per heavy atom. The van der Waals surface area contributed by atoms with Gasteiger partial charge in [-0.2, -0.15) is 4.98 Å². The first-order valence-corrected chi connectivity index (χ1v) is 9.54. The molecule has 1 saturated heterocycles. The number of benzene rings is 2. The second-order valence-corrected chi connectivity index (χ2v) is 6.91. The van der Waals surface area contributed by atoms with Gasteiger partial charge in [-0.25, -0.2) is 4.79 Å². The van der Waals surface area contributed by atoms with Crippen molar-refractivity contribution < 1.29 is 9.53 Å². The van der Waals surface area contributed by atoms with Crippen molar-refractivity contribution in [1.29, 1.82) is 0 Å². The van der Waals surface area contributed by atoms with Crippen LogP contribution in [0, 0.1) is 0 Å². The summed E-state index contributed by atoms with van der Waals surface area (Å²) in [5.74, 6) is 0.312. The van der Waals surface area contributed by atoms with Crippen molar-refractivity contribution in [3.8, 4) is 17.0 Å². The van der Waals surface area contributed by atoms with Crippen LogP contribution in [-0.2, 0) is 0 Å². The maximum Gasteiger partial charge on any atom is 0.346 e. The van der Waals surface area contributed by atoms with Gasteiger partial charge in [0.1, 0.15) is 11.4 Å². The van der Waals surface area contributed by atoms with E-state index in [9.17, 15) is 9.59 Å². The van der Waals surface area contributed by atoms with Crippen LogP contribution in [0.1, 0.15) is 23.3 Å². The van der Waals surface area contributed by atoms with E-state index in [0.29, 0.717) is 17.1 Å². The van der Waals surface area contributed by atoms with Gasteiger partial charge in [0.15, 0.2) is 0 Å². The maximum atomic E-state index is 12.7. The molecule has 0 spiro atoms. The third-order valence-electron chi connectivity index (χ3n) is 4.95. The molecule has 0 aliphatic carbocycles. The van der Waals surface area contributed by atoms with Crippen LogP contribution in [0.25, 0.3) is 11.3 Å². The molecule has 1 aliphatic heterocycles. The topological polar surface area (TPSA) is 87.3 Å². The third kappa shape index (κ3) is 4.29. The number of aromatic amines is 1. The number of anilines is 2. The summed E-state index contributed by atoms with van der Waals surface area (Å²) >= 11 is 0. The second-order valence-electron chi connectivity index (χ2n) is 6.91. The van der Waals surface area contributed by atoms with Gasteiger partial charge in [-0.15, -0.1) is 0 Å². The van der Waals surface area contributed by atoms with Gasteiger partial charge in [0.2, 0.25) is 0 Å². The first-order chi connectivity index (χ1) is 14.1. The summed E-state index contributed by atoms with van der Waals surface area (Å²) in [5, 5.41) is 2.86. The number of methoxy groups -OCH3 is 1. The number of carbonyl (C=O) groups excluding carboxylic acids is 1. The number of hydrogen-bond acceptors (Lipinski definition) is 5. The lowest BCUT2D eigenvalue weighted by molar-refractivity contribution is 0.102. The van der Waals surface area contributed by atoms with Gasteiger partial charge in [-0.3, -0.25) is 4.79 Å². The molecular weight excluding hydrogens is 368 g/mol. The monoisotopic (exact) mass is 390 g/mol. The molecule has 2 aromatic carbocycles. The van der Waals surface area contributed by atoms with Crippen LogP contribution in [0.2, 0.25) is 0 Å². The zero-order chi connectivity index (χ0) is 20.2. The summed E-state index contributed by atoms with van der Waals surface area (Å²) in [6.45, 7) is 2.06. The third-order valence-corrected chi connectivity index (χ3v) is 4.95. The predicted molar refractivity (Wildman–Crippen MR) is 113 cm³/mol. The number of rotatable bonds is 5. The SMILES string of the molecule is COc1ccc(-c2cc(C(=O)Nc3cccc(N4CCCC4)c3)[nH]c(=O)n2)cc1. The van der Waals surface area contributed by atoms with Gasteiger partial charge in [0, 0.05) is 30.0 Å². The number of carbonyl (C=O) groups is 1. The fourth-order valence-electron chi connectivity index (χ4n) is 3.44. The molecule has 2 N–H and O–H groups in total. The number of amides is 1. The standard InChI is InChI=1S/C22H22N4O3/c1-29-18-9-7-15(8-10-18)19-14-20(25-22(28)24-19)21(27)23-16-5-4-6-17(13-16)26-11-2-3-12-26/h4-10,13-14H,2-3,11-12H2,1H3,(H,23,27)(H,24,25,28). The summed E-state index contributed by atoms with van der Waals surface area (Å²) < 4.78 is 5.15. The van der Waals surface area contributed by atoms with E-state index in [1.54, 1.807) is 37.4 Å². The lowest BCUT2D eigenvalue weighted by Crippen LogP contribution is -2.21. The van der Waals surface area contributed by atoms with E-state index in [2.05, 4.69) is 20.2 Å². The van der Waals surface area contributed by atoms with E-state index in [1.165, 1.54) is 12.8 Å². The molecule has 7 heteroatoms. The second kappa shape index (κ2) is 8.18. The minimum Gasteiger partial charge on any atom is -0.497 e. The zero-order valence-electron chi connectivity index (χ0n) is 16.1. The molecule has 1 aromatic heterocycles. The number of nitrogens with one attached hydrogen (secondary N) is 2. The summed E-state index contributed by atoms with van der Waals surface area (Å²) in [4.78, 5) is 33.5. The van der Waals surface area contributed by atoms with Crippen LogP contribution in [-0.4, -0.2) is 36.1 Å². The molecule has 0 atom stereocenters. The summed E-state index contributed by atoms with van der Waals surface area (Å²) in [5.41, 5.74) is 2.50. The van der Waals surface area contributed by atoms with Crippen molar-refractivity contribution in [2.75, 3.05) is 30.4 Å². The fraction of sp³-hybridized carbons (Fsp3) is 0.227. The molecule has 0 saturated carbocycles. The number of H-pyrrole nitrogens is 1. The molecule has 148 valence electrons. The van der Waals surface area contributed by atoms with Crippen molar-refractivity contribution in [2.45, 2.75) is 12.8 Å². The average Bonchev–Trinajstić information content (AvgIpc) is 3.28. The van der Waals surface area contributed by atoms with E-state index in [-0.39, 0.29) is 5.69 Å². The van der Waals surface area contributed by atoms with Gasteiger partial charge in [0.05, 0.1) is 12.8 Å². The van der Waals surface area contributed by atoms with Crippen molar-refractivity contribution in [2.24, 2.45) is 0 Å². The van der Waals surface area contributed by atoms with E-state index < -0.39 is 11.6 Å². The first kappa shape index (κ1) is 18.7. The quantitative estimate of drug-likeness (QED) is 0.698. The van der Waals surface area contributed by atoms with Crippen molar-refractivity contribution >= 4 is 17.3 Å². The van der Waals surface area contributed by atoms with Crippen molar-refractivity contribution in [3.63, 3.8) is 0 Å². The minimum absolute atomic E-state index is 0.155. The molecule has 29 heavy (non-hydrogen) atoms. The highest BCUT2D eigenvalue weighted by Crippen LogP contribution is 2.24. The van der Waals surface area contributed by atoms with E-state index in [4.69, 9.17) is 4.74 Å². The molecule has 2 heterocycles. The Morgan fingerprint density at radius 2 is 1.86 bits per heavy atom.